The van der Waals surface area contributed by atoms with Crippen LogP contribution in [0.4, 0.5) is 5.69 Å². The minimum atomic E-state index is -0.304. The summed E-state index contributed by atoms with van der Waals surface area (Å²) in [6, 6.07) is 4.85. The summed E-state index contributed by atoms with van der Waals surface area (Å²) in [5, 5.41) is 7.12. The Kier molecular flexibility index (Phi) is 3.36. The van der Waals surface area contributed by atoms with Crippen LogP contribution in [0.15, 0.2) is 29.0 Å². The van der Waals surface area contributed by atoms with E-state index in [1.54, 1.807) is 25.1 Å². The maximum atomic E-state index is 11.8. The first kappa shape index (κ1) is 12.0. The zero-order valence-electron chi connectivity index (χ0n) is 8.83. The lowest BCUT2D eigenvalue weighted by molar-refractivity contribution is 0.102. The Hall–Kier alpha value is -1.52. The van der Waals surface area contributed by atoms with Gasteiger partial charge in [-0.1, -0.05) is 28.4 Å². The molecule has 0 spiro atoms. The molecule has 4 nitrogen and oxygen atoms in total. The van der Waals surface area contributed by atoms with Gasteiger partial charge in [-0.05, 0) is 25.1 Å². The minimum Gasteiger partial charge on any atom is -0.364 e. The molecule has 2 rings (SSSR count). The molecule has 0 saturated heterocycles. The number of benzene rings is 1. The molecule has 0 bridgehead atoms. The highest BCUT2D eigenvalue weighted by molar-refractivity contribution is 6.42. The Morgan fingerprint density at radius 3 is 2.71 bits per heavy atom. The SMILES string of the molecule is Cc1nocc1C(=O)Nc1ccc(Cl)c(Cl)c1. The molecule has 0 unspecified atom stereocenters. The van der Waals surface area contributed by atoms with Crippen molar-refractivity contribution in [2.75, 3.05) is 5.32 Å². The number of amides is 1. The van der Waals surface area contributed by atoms with E-state index in [1.165, 1.54) is 6.26 Å². The third-order valence-electron chi connectivity index (χ3n) is 2.17. The van der Waals surface area contributed by atoms with Gasteiger partial charge in [-0.15, -0.1) is 0 Å². The van der Waals surface area contributed by atoms with Crippen molar-refractivity contribution in [3.63, 3.8) is 0 Å². The summed E-state index contributed by atoms with van der Waals surface area (Å²) in [5.74, 6) is -0.304. The predicted molar refractivity (Wildman–Crippen MR) is 65.7 cm³/mol. The van der Waals surface area contributed by atoms with Crippen LogP contribution in [0.2, 0.25) is 10.0 Å². The molecular weight excluding hydrogens is 263 g/mol. The Morgan fingerprint density at radius 2 is 2.12 bits per heavy atom. The highest BCUT2D eigenvalue weighted by atomic mass is 35.5. The van der Waals surface area contributed by atoms with E-state index in [9.17, 15) is 4.79 Å². The first-order chi connectivity index (χ1) is 8.08. The summed E-state index contributed by atoms with van der Waals surface area (Å²) in [6.45, 7) is 1.69. The Bertz CT molecular complexity index is 566. The van der Waals surface area contributed by atoms with E-state index in [1.807, 2.05) is 0 Å². The fourth-order valence-electron chi connectivity index (χ4n) is 1.28. The van der Waals surface area contributed by atoms with Crippen LogP contribution >= 0.6 is 23.2 Å². The van der Waals surface area contributed by atoms with E-state index in [0.29, 0.717) is 27.0 Å². The third kappa shape index (κ3) is 2.60. The van der Waals surface area contributed by atoms with E-state index < -0.39 is 0 Å². The second-order valence-electron chi connectivity index (χ2n) is 3.40. The quantitative estimate of drug-likeness (QED) is 0.908. The van der Waals surface area contributed by atoms with E-state index in [2.05, 4.69) is 15.0 Å². The first-order valence-electron chi connectivity index (χ1n) is 4.75. The van der Waals surface area contributed by atoms with Crippen molar-refractivity contribution in [2.24, 2.45) is 0 Å². The topological polar surface area (TPSA) is 55.1 Å². The molecule has 0 aliphatic carbocycles. The standard InChI is InChI=1S/C11H8Cl2N2O2/c1-6-8(5-17-15-6)11(16)14-7-2-3-9(12)10(13)4-7/h2-5H,1H3,(H,14,16). The molecule has 0 radical (unpaired) electrons. The number of aryl methyl sites for hydroxylation is 1. The van der Waals surface area contributed by atoms with Gasteiger partial charge < -0.3 is 9.84 Å². The number of carbonyl (C=O) groups is 1. The number of anilines is 1. The van der Waals surface area contributed by atoms with Gasteiger partial charge in [0.1, 0.15) is 11.8 Å². The number of hydrogen-bond donors (Lipinski definition) is 1. The molecule has 0 saturated carbocycles. The van der Waals surface area contributed by atoms with Crippen LogP contribution in [0.3, 0.4) is 0 Å². The van der Waals surface area contributed by atoms with Crippen LogP contribution in [0.1, 0.15) is 16.1 Å². The number of carbonyl (C=O) groups excluding carboxylic acids is 1. The van der Waals surface area contributed by atoms with Gasteiger partial charge in [-0.25, -0.2) is 0 Å². The van der Waals surface area contributed by atoms with Crippen molar-refractivity contribution in [1.82, 2.24) is 5.16 Å². The minimum absolute atomic E-state index is 0.304. The number of aromatic nitrogens is 1. The maximum Gasteiger partial charge on any atom is 0.260 e. The summed E-state index contributed by atoms with van der Waals surface area (Å²) in [7, 11) is 0. The Labute approximate surface area is 108 Å². The fourth-order valence-corrected chi connectivity index (χ4v) is 1.58. The molecule has 1 N–H and O–H groups in total. The number of rotatable bonds is 2. The van der Waals surface area contributed by atoms with Gasteiger partial charge >= 0.3 is 0 Å². The molecular formula is C11H8Cl2N2O2. The number of nitrogens with one attached hydrogen (secondary N) is 1. The average Bonchev–Trinajstić information content (AvgIpc) is 2.70. The Balaban J connectivity index is 2.19. The lowest BCUT2D eigenvalue weighted by Crippen LogP contribution is -2.12. The van der Waals surface area contributed by atoms with Crippen LogP contribution in [-0.2, 0) is 0 Å². The highest BCUT2D eigenvalue weighted by Crippen LogP contribution is 2.25. The molecule has 1 amide bonds. The van der Waals surface area contributed by atoms with E-state index in [-0.39, 0.29) is 5.91 Å². The summed E-state index contributed by atoms with van der Waals surface area (Å²) in [5.41, 5.74) is 1.48. The molecule has 1 aromatic carbocycles. The van der Waals surface area contributed by atoms with E-state index in [0.717, 1.165) is 0 Å². The van der Waals surface area contributed by atoms with Crippen molar-refractivity contribution in [3.05, 3.63) is 45.8 Å². The van der Waals surface area contributed by atoms with Crippen LogP contribution in [0.25, 0.3) is 0 Å². The maximum absolute atomic E-state index is 11.8. The van der Waals surface area contributed by atoms with Crippen LogP contribution in [0.5, 0.6) is 0 Å². The third-order valence-corrected chi connectivity index (χ3v) is 2.91. The van der Waals surface area contributed by atoms with Gasteiger partial charge in [0.15, 0.2) is 0 Å². The van der Waals surface area contributed by atoms with Gasteiger partial charge in [-0.3, -0.25) is 4.79 Å². The highest BCUT2D eigenvalue weighted by Gasteiger charge is 2.13. The lowest BCUT2D eigenvalue weighted by atomic mass is 10.2. The van der Waals surface area contributed by atoms with Crippen molar-refractivity contribution in [1.29, 1.82) is 0 Å². The van der Waals surface area contributed by atoms with Crippen molar-refractivity contribution < 1.29 is 9.32 Å². The molecule has 0 fully saturated rings. The molecule has 17 heavy (non-hydrogen) atoms. The average molecular weight is 271 g/mol. The summed E-state index contributed by atoms with van der Waals surface area (Å²) in [6.07, 6.45) is 1.29. The van der Waals surface area contributed by atoms with Crippen LogP contribution < -0.4 is 5.32 Å². The van der Waals surface area contributed by atoms with Crippen molar-refractivity contribution in [2.45, 2.75) is 6.92 Å². The number of hydrogen-bond acceptors (Lipinski definition) is 3. The van der Waals surface area contributed by atoms with Gasteiger partial charge in [0.2, 0.25) is 0 Å². The molecule has 6 heteroatoms. The van der Waals surface area contributed by atoms with Crippen molar-refractivity contribution in [3.8, 4) is 0 Å². The fraction of sp³-hybridized carbons (Fsp3) is 0.0909. The van der Waals surface area contributed by atoms with Crippen molar-refractivity contribution >= 4 is 34.8 Å². The smallest absolute Gasteiger partial charge is 0.260 e. The molecule has 88 valence electrons. The summed E-state index contributed by atoms with van der Waals surface area (Å²) < 4.78 is 4.69. The lowest BCUT2D eigenvalue weighted by Gasteiger charge is -2.04. The van der Waals surface area contributed by atoms with E-state index in [4.69, 9.17) is 23.2 Å². The van der Waals surface area contributed by atoms with Gasteiger partial charge in [0.05, 0.1) is 15.7 Å². The number of halogens is 2. The normalized spacial score (nSPS) is 10.3. The molecule has 2 aromatic rings. The summed E-state index contributed by atoms with van der Waals surface area (Å²) >= 11 is 11.6. The molecule has 1 aromatic heterocycles. The van der Waals surface area contributed by atoms with E-state index >= 15 is 0 Å². The predicted octanol–water partition coefficient (Wildman–Crippen LogP) is 3.54. The molecule has 0 aliphatic rings. The van der Waals surface area contributed by atoms with Gasteiger partial charge in [0.25, 0.3) is 5.91 Å². The van der Waals surface area contributed by atoms with Gasteiger partial charge in [0, 0.05) is 5.69 Å². The second-order valence-corrected chi connectivity index (χ2v) is 4.21. The zero-order valence-corrected chi connectivity index (χ0v) is 10.3. The largest absolute Gasteiger partial charge is 0.364 e. The number of nitrogens with zero attached hydrogens (tertiary/aromatic N) is 1. The van der Waals surface area contributed by atoms with Crippen LogP contribution in [0, 0.1) is 6.92 Å². The second kappa shape index (κ2) is 4.77. The molecule has 0 aliphatic heterocycles. The van der Waals surface area contributed by atoms with Gasteiger partial charge in [-0.2, -0.15) is 0 Å². The summed E-state index contributed by atoms with van der Waals surface area (Å²) in [4.78, 5) is 11.8. The first-order valence-corrected chi connectivity index (χ1v) is 5.51. The van der Waals surface area contributed by atoms with Crippen LogP contribution in [-0.4, -0.2) is 11.1 Å². The molecule has 1 heterocycles. The Morgan fingerprint density at radius 1 is 1.35 bits per heavy atom. The molecule has 0 atom stereocenters. The monoisotopic (exact) mass is 270 g/mol. The zero-order chi connectivity index (χ0) is 12.4.